The predicted octanol–water partition coefficient (Wildman–Crippen LogP) is 3.04. The van der Waals surface area contributed by atoms with Crippen LogP contribution in [-0.2, 0) is 9.59 Å². The van der Waals surface area contributed by atoms with Crippen molar-refractivity contribution >= 4 is 45.8 Å². The second-order valence-corrected chi connectivity index (χ2v) is 6.45. The molecule has 6 heteroatoms. The lowest BCUT2D eigenvalue weighted by Crippen LogP contribution is -2.48. The molecule has 23 heavy (non-hydrogen) atoms. The smallest absolute Gasteiger partial charge is 0.267 e. The van der Waals surface area contributed by atoms with E-state index in [1.807, 2.05) is 42.5 Å². The van der Waals surface area contributed by atoms with E-state index in [0.29, 0.717) is 17.1 Å². The van der Waals surface area contributed by atoms with Crippen molar-refractivity contribution < 1.29 is 14.3 Å². The number of fused-ring (bicyclic) bond motifs is 1. The van der Waals surface area contributed by atoms with Crippen molar-refractivity contribution in [2.45, 2.75) is 13.0 Å². The number of hydrogen-bond acceptors (Lipinski definition) is 3. The molecule has 2 aromatic carbocycles. The average molecular weight is 422 g/mol. The Hall–Kier alpha value is -2.09. The molecule has 118 valence electrons. The highest BCUT2D eigenvalue weighted by Crippen LogP contribution is 2.33. The molecule has 0 bridgehead atoms. The zero-order valence-corrected chi connectivity index (χ0v) is 14.6. The highest BCUT2D eigenvalue weighted by molar-refractivity contribution is 14.1. The van der Waals surface area contributed by atoms with E-state index in [4.69, 9.17) is 4.74 Å². The number of nitrogens with zero attached hydrogens (tertiary/aromatic N) is 1. The van der Waals surface area contributed by atoms with Crippen molar-refractivity contribution in [1.29, 1.82) is 0 Å². The quantitative estimate of drug-likeness (QED) is 0.758. The fraction of sp³-hybridized carbons (Fsp3) is 0.176. The number of para-hydroxylation sites is 2. The van der Waals surface area contributed by atoms with Crippen LogP contribution in [0.1, 0.15) is 6.92 Å². The van der Waals surface area contributed by atoms with Crippen LogP contribution in [0.25, 0.3) is 0 Å². The summed E-state index contributed by atoms with van der Waals surface area (Å²) in [7, 11) is 0. The second-order valence-electron chi connectivity index (χ2n) is 5.20. The topological polar surface area (TPSA) is 58.6 Å². The molecule has 1 heterocycles. The van der Waals surface area contributed by atoms with E-state index >= 15 is 0 Å². The highest BCUT2D eigenvalue weighted by atomic mass is 127. The van der Waals surface area contributed by atoms with E-state index < -0.39 is 6.10 Å². The van der Waals surface area contributed by atoms with Gasteiger partial charge in [-0.25, -0.2) is 0 Å². The maximum Gasteiger partial charge on any atom is 0.267 e. The Balaban J connectivity index is 1.81. The highest BCUT2D eigenvalue weighted by Gasteiger charge is 2.32. The molecule has 0 saturated heterocycles. The van der Waals surface area contributed by atoms with Crippen LogP contribution in [0.5, 0.6) is 5.75 Å². The van der Waals surface area contributed by atoms with Crippen LogP contribution < -0.4 is 15.0 Å². The lowest BCUT2D eigenvalue weighted by atomic mass is 10.1. The van der Waals surface area contributed by atoms with Gasteiger partial charge in [-0.3, -0.25) is 9.59 Å². The van der Waals surface area contributed by atoms with E-state index in [1.54, 1.807) is 11.0 Å². The molecular formula is C17H15IN2O3. The Morgan fingerprint density at radius 1 is 1.22 bits per heavy atom. The van der Waals surface area contributed by atoms with Gasteiger partial charge in [0, 0.05) is 16.2 Å². The maximum atomic E-state index is 12.5. The molecule has 1 atom stereocenters. The lowest BCUT2D eigenvalue weighted by molar-refractivity contribution is -0.123. The van der Waals surface area contributed by atoms with Crippen molar-refractivity contribution in [1.82, 2.24) is 0 Å². The number of halogens is 1. The van der Waals surface area contributed by atoms with Crippen LogP contribution in [0.15, 0.2) is 48.5 Å². The molecule has 0 fully saturated rings. The first-order valence-corrected chi connectivity index (χ1v) is 8.22. The molecule has 3 rings (SSSR count). The number of amides is 2. The second kappa shape index (κ2) is 6.57. The molecule has 0 aromatic heterocycles. The maximum absolute atomic E-state index is 12.5. The molecule has 1 N–H and O–H groups in total. The minimum Gasteiger partial charge on any atom is -0.476 e. The van der Waals surface area contributed by atoms with Gasteiger partial charge in [-0.05, 0) is 52.9 Å². The number of nitrogens with one attached hydrogen (secondary N) is 1. The van der Waals surface area contributed by atoms with E-state index in [1.165, 1.54) is 6.92 Å². The third-order valence-electron chi connectivity index (χ3n) is 3.54. The third-order valence-corrected chi connectivity index (χ3v) is 4.21. The molecule has 0 saturated carbocycles. The van der Waals surface area contributed by atoms with E-state index in [0.717, 1.165) is 3.57 Å². The summed E-state index contributed by atoms with van der Waals surface area (Å²) in [6.07, 6.45) is -0.744. The van der Waals surface area contributed by atoms with Gasteiger partial charge in [0.15, 0.2) is 6.10 Å². The zero-order valence-electron chi connectivity index (χ0n) is 12.5. The number of rotatable bonds is 2. The van der Waals surface area contributed by atoms with Crippen LogP contribution in [-0.4, -0.2) is 24.5 Å². The summed E-state index contributed by atoms with van der Waals surface area (Å²) in [5.41, 5.74) is 1.40. The standard InChI is InChI=1S/C17H15IN2O3/c1-11(21)20-10-16(23-15-8-3-2-7-14(15)20)17(22)19-13-6-4-5-12(18)9-13/h2-9,16H,10H2,1H3,(H,19,22)/t16-/m0/s1. The molecule has 0 aliphatic carbocycles. The predicted molar refractivity (Wildman–Crippen MR) is 96.7 cm³/mol. The third kappa shape index (κ3) is 3.47. The molecule has 0 unspecified atom stereocenters. The summed E-state index contributed by atoms with van der Waals surface area (Å²) in [5, 5.41) is 2.84. The van der Waals surface area contributed by atoms with Crippen LogP contribution in [0, 0.1) is 3.57 Å². The van der Waals surface area contributed by atoms with Crippen molar-refractivity contribution in [2.24, 2.45) is 0 Å². The first-order chi connectivity index (χ1) is 11.0. The molecule has 1 aliphatic heterocycles. The fourth-order valence-corrected chi connectivity index (χ4v) is 3.00. The number of hydrogen-bond donors (Lipinski definition) is 1. The summed E-state index contributed by atoms with van der Waals surface area (Å²) >= 11 is 2.18. The molecule has 1 aliphatic rings. The van der Waals surface area contributed by atoms with Crippen molar-refractivity contribution in [3.8, 4) is 5.75 Å². The zero-order chi connectivity index (χ0) is 16.4. The minimum absolute atomic E-state index is 0.118. The number of ether oxygens (including phenoxy) is 1. The molecule has 0 spiro atoms. The van der Waals surface area contributed by atoms with Gasteiger partial charge < -0.3 is 15.0 Å². The summed E-state index contributed by atoms with van der Waals surface area (Å²) in [5.74, 6) is 0.150. The Morgan fingerprint density at radius 2 is 2.00 bits per heavy atom. The molecular weight excluding hydrogens is 407 g/mol. The summed E-state index contributed by atoms with van der Waals surface area (Å²) in [6, 6.07) is 14.7. The summed E-state index contributed by atoms with van der Waals surface area (Å²) in [6.45, 7) is 1.68. The van der Waals surface area contributed by atoms with Crippen molar-refractivity contribution in [3.05, 3.63) is 52.1 Å². The Labute approximate surface area is 147 Å². The van der Waals surface area contributed by atoms with Gasteiger partial charge >= 0.3 is 0 Å². The van der Waals surface area contributed by atoms with Crippen molar-refractivity contribution in [2.75, 3.05) is 16.8 Å². The molecule has 0 radical (unpaired) electrons. The summed E-state index contributed by atoms with van der Waals surface area (Å²) < 4.78 is 6.80. The van der Waals surface area contributed by atoms with Gasteiger partial charge in [-0.15, -0.1) is 0 Å². The number of carbonyl (C=O) groups is 2. The van der Waals surface area contributed by atoms with Crippen molar-refractivity contribution in [3.63, 3.8) is 0 Å². The van der Waals surface area contributed by atoms with Gasteiger partial charge in [0.25, 0.3) is 5.91 Å². The summed E-state index contributed by atoms with van der Waals surface area (Å²) in [4.78, 5) is 25.9. The average Bonchev–Trinajstić information content (AvgIpc) is 2.53. The first kappa shape index (κ1) is 15.8. The van der Waals surface area contributed by atoms with Gasteiger partial charge in [-0.2, -0.15) is 0 Å². The van der Waals surface area contributed by atoms with Crippen LogP contribution >= 0.6 is 22.6 Å². The SMILES string of the molecule is CC(=O)N1C[C@@H](C(=O)Nc2cccc(I)c2)Oc2ccccc21. The van der Waals surface area contributed by atoms with Crippen LogP contribution in [0.3, 0.4) is 0 Å². The lowest BCUT2D eigenvalue weighted by Gasteiger charge is -2.33. The number of carbonyl (C=O) groups excluding carboxylic acids is 2. The van der Waals surface area contributed by atoms with E-state index in [-0.39, 0.29) is 18.4 Å². The molecule has 2 amide bonds. The monoisotopic (exact) mass is 422 g/mol. The Bertz CT molecular complexity index is 763. The van der Waals surface area contributed by atoms with E-state index in [9.17, 15) is 9.59 Å². The number of anilines is 2. The Morgan fingerprint density at radius 3 is 2.74 bits per heavy atom. The fourth-order valence-electron chi connectivity index (χ4n) is 2.46. The van der Waals surface area contributed by atoms with Crippen LogP contribution in [0.2, 0.25) is 0 Å². The molecule has 5 nitrogen and oxygen atoms in total. The van der Waals surface area contributed by atoms with Gasteiger partial charge in [0.05, 0.1) is 12.2 Å². The van der Waals surface area contributed by atoms with Gasteiger partial charge in [0.1, 0.15) is 5.75 Å². The van der Waals surface area contributed by atoms with Gasteiger partial charge in [-0.1, -0.05) is 18.2 Å². The normalized spacial score (nSPS) is 16.3. The number of benzene rings is 2. The largest absolute Gasteiger partial charge is 0.476 e. The minimum atomic E-state index is -0.744. The Kier molecular flexibility index (Phi) is 4.51. The molecule has 2 aromatic rings. The van der Waals surface area contributed by atoms with Crippen LogP contribution in [0.4, 0.5) is 11.4 Å². The first-order valence-electron chi connectivity index (χ1n) is 7.15. The van der Waals surface area contributed by atoms with Gasteiger partial charge in [0.2, 0.25) is 5.91 Å². The van der Waals surface area contributed by atoms with E-state index in [2.05, 4.69) is 27.9 Å².